The molecule has 35 heavy (non-hydrogen) atoms. The Bertz CT molecular complexity index is 1490. The Morgan fingerprint density at radius 1 is 0.971 bits per heavy atom. The van der Waals surface area contributed by atoms with Gasteiger partial charge in [-0.2, -0.15) is 0 Å². The van der Waals surface area contributed by atoms with Crippen molar-refractivity contribution in [2.45, 2.75) is 19.4 Å². The SMILES string of the molecule is C[C@H](NC(=O)c1ccc(-c2ccccc2)cc1)C(=O)Cc1ccc2[nH]cc(C(=O)O)c(=O)c2c1Br. The van der Waals surface area contributed by atoms with Crippen LogP contribution in [0.4, 0.5) is 0 Å². The molecule has 0 fully saturated rings. The molecule has 176 valence electrons. The third kappa shape index (κ3) is 5.07. The number of aromatic carboxylic acids is 1. The van der Waals surface area contributed by atoms with Gasteiger partial charge in [-0.05, 0) is 57.7 Å². The van der Waals surface area contributed by atoms with Crippen molar-refractivity contribution in [3.05, 3.63) is 104 Å². The van der Waals surface area contributed by atoms with E-state index in [1.165, 1.54) is 0 Å². The van der Waals surface area contributed by atoms with Gasteiger partial charge in [-0.1, -0.05) is 48.5 Å². The number of hydrogen-bond acceptors (Lipinski definition) is 4. The summed E-state index contributed by atoms with van der Waals surface area (Å²) in [6, 6.07) is 19.4. The molecule has 0 spiro atoms. The molecule has 0 aliphatic heterocycles. The van der Waals surface area contributed by atoms with E-state index in [4.69, 9.17) is 0 Å². The lowest BCUT2D eigenvalue weighted by Gasteiger charge is -2.14. The molecule has 1 amide bonds. The molecule has 1 atom stereocenters. The zero-order valence-electron chi connectivity index (χ0n) is 18.7. The van der Waals surface area contributed by atoms with E-state index >= 15 is 0 Å². The number of fused-ring (bicyclic) bond motifs is 1. The highest BCUT2D eigenvalue weighted by atomic mass is 79.9. The predicted molar refractivity (Wildman–Crippen MR) is 137 cm³/mol. The number of pyridine rings is 1. The van der Waals surface area contributed by atoms with Gasteiger partial charge in [0, 0.05) is 22.7 Å². The normalized spacial score (nSPS) is 11.7. The molecule has 1 aromatic heterocycles. The van der Waals surface area contributed by atoms with Crippen molar-refractivity contribution >= 4 is 44.5 Å². The zero-order valence-corrected chi connectivity index (χ0v) is 20.3. The van der Waals surface area contributed by atoms with Crippen molar-refractivity contribution in [1.29, 1.82) is 0 Å². The van der Waals surface area contributed by atoms with Crippen molar-refractivity contribution in [1.82, 2.24) is 10.3 Å². The molecule has 7 nitrogen and oxygen atoms in total. The van der Waals surface area contributed by atoms with E-state index in [1.807, 2.05) is 42.5 Å². The highest BCUT2D eigenvalue weighted by Crippen LogP contribution is 2.26. The van der Waals surface area contributed by atoms with Gasteiger partial charge in [0.1, 0.15) is 5.56 Å². The largest absolute Gasteiger partial charge is 0.477 e. The van der Waals surface area contributed by atoms with Crippen LogP contribution in [0.2, 0.25) is 0 Å². The lowest BCUT2D eigenvalue weighted by molar-refractivity contribution is -0.119. The minimum absolute atomic E-state index is 0.0539. The minimum atomic E-state index is -1.34. The van der Waals surface area contributed by atoms with E-state index in [0.29, 0.717) is 21.1 Å². The first-order valence-electron chi connectivity index (χ1n) is 10.8. The van der Waals surface area contributed by atoms with Gasteiger partial charge in [0.2, 0.25) is 5.43 Å². The zero-order chi connectivity index (χ0) is 25.1. The van der Waals surface area contributed by atoms with Crippen LogP contribution < -0.4 is 10.7 Å². The average Bonchev–Trinajstić information content (AvgIpc) is 2.86. The Labute approximate surface area is 208 Å². The van der Waals surface area contributed by atoms with Crippen LogP contribution in [0.15, 0.2) is 82.2 Å². The fourth-order valence-corrected chi connectivity index (χ4v) is 4.42. The fraction of sp³-hybridized carbons (Fsp3) is 0.111. The number of aromatic amines is 1. The molecule has 0 saturated carbocycles. The van der Waals surface area contributed by atoms with E-state index < -0.39 is 17.4 Å². The number of aromatic nitrogens is 1. The number of H-pyrrole nitrogens is 1. The number of ketones is 1. The van der Waals surface area contributed by atoms with Crippen LogP contribution in [0.5, 0.6) is 0 Å². The Morgan fingerprint density at radius 2 is 1.63 bits per heavy atom. The van der Waals surface area contributed by atoms with E-state index in [2.05, 4.69) is 26.2 Å². The third-order valence-electron chi connectivity index (χ3n) is 5.75. The summed E-state index contributed by atoms with van der Waals surface area (Å²) >= 11 is 3.35. The highest BCUT2D eigenvalue weighted by Gasteiger charge is 2.20. The predicted octanol–water partition coefficient (Wildman–Crippen LogP) is 4.59. The van der Waals surface area contributed by atoms with Crippen LogP contribution >= 0.6 is 15.9 Å². The number of carbonyl (C=O) groups is 3. The number of amides is 1. The molecule has 0 bridgehead atoms. The summed E-state index contributed by atoms with van der Waals surface area (Å²) in [5.41, 5.74) is 2.39. The van der Waals surface area contributed by atoms with Gasteiger partial charge in [-0.3, -0.25) is 14.4 Å². The van der Waals surface area contributed by atoms with Gasteiger partial charge in [-0.25, -0.2) is 4.79 Å². The third-order valence-corrected chi connectivity index (χ3v) is 6.65. The summed E-state index contributed by atoms with van der Waals surface area (Å²) in [4.78, 5) is 52.2. The average molecular weight is 533 g/mol. The van der Waals surface area contributed by atoms with Crippen molar-refractivity contribution in [3.8, 4) is 11.1 Å². The molecular weight excluding hydrogens is 512 g/mol. The first-order chi connectivity index (χ1) is 16.8. The Balaban J connectivity index is 1.48. The van der Waals surface area contributed by atoms with E-state index in [9.17, 15) is 24.3 Å². The van der Waals surface area contributed by atoms with Gasteiger partial charge < -0.3 is 15.4 Å². The number of rotatable bonds is 7. The second-order valence-electron chi connectivity index (χ2n) is 8.08. The molecular formula is C27H21BrN2O5. The molecule has 1 heterocycles. The van der Waals surface area contributed by atoms with Gasteiger partial charge >= 0.3 is 5.97 Å². The van der Waals surface area contributed by atoms with E-state index in [0.717, 1.165) is 17.3 Å². The van der Waals surface area contributed by atoms with Crippen molar-refractivity contribution in [3.63, 3.8) is 0 Å². The maximum Gasteiger partial charge on any atom is 0.341 e. The molecule has 0 radical (unpaired) electrons. The summed E-state index contributed by atoms with van der Waals surface area (Å²) in [5.74, 6) is -1.97. The molecule has 0 unspecified atom stereocenters. The van der Waals surface area contributed by atoms with Crippen LogP contribution in [-0.2, 0) is 11.2 Å². The first kappa shape index (κ1) is 24.1. The van der Waals surface area contributed by atoms with Gasteiger partial charge in [0.05, 0.1) is 16.9 Å². The van der Waals surface area contributed by atoms with Crippen LogP contribution in [0, 0.1) is 0 Å². The lowest BCUT2D eigenvalue weighted by Crippen LogP contribution is -2.39. The molecule has 4 aromatic rings. The topological polar surface area (TPSA) is 116 Å². The first-order valence-corrected chi connectivity index (χ1v) is 11.6. The van der Waals surface area contributed by atoms with Crippen LogP contribution in [0.1, 0.15) is 33.2 Å². The highest BCUT2D eigenvalue weighted by molar-refractivity contribution is 9.10. The molecule has 0 aliphatic rings. The maximum atomic E-state index is 12.9. The number of carboxylic acids is 1. The monoisotopic (exact) mass is 532 g/mol. The number of halogens is 1. The van der Waals surface area contributed by atoms with Crippen molar-refractivity contribution in [2.75, 3.05) is 0 Å². The summed E-state index contributed by atoms with van der Waals surface area (Å²) < 4.78 is 0.350. The second kappa shape index (κ2) is 10.1. The fourth-order valence-electron chi connectivity index (χ4n) is 3.75. The summed E-state index contributed by atoms with van der Waals surface area (Å²) in [6.07, 6.45) is 1.09. The van der Waals surface area contributed by atoms with Gasteiger partial charge in [-0.15, -0.1) is 0 Å². The smallest absolute Gasteiger partial charge is 0.341 e. The van der Waals surface area contributed by atoms with E-state index in [-0.39, 0.29) is 29.1 Å². The molecule has 0 saturated heterocycles. The van der Waals surface area contributed by atoms with Crippen LogP contribution in [-0.4, -0.2) is 33.8 Å². The second-order valence-corrected chi connectivity index (χ2v) is 8.87. The molecule has 8 heteroatoms. The lowest BCUT2D eigenvalue weighted by atomic mass is 10.0. The Kier molecular flexibility index (Phi) is 6.93. The van der Waals surface area contributed by atoms with Crippen LogP contribution in [0.25, 0.3) is 22.0 Å². The Morgan fingerprint density at radius 3 is 2.29 bits per heavy atom. The number of hydrogen-bond donors (Lipinski definition) is 3. The number of nitrogens with one attached hydrogen (secondary N) is 2. The summed E-state index contributed by atoms with van der Waals surface area (Å²) in [5, 5.41) is 12.1. The molecule has 3 N–H and O–H groups in total. The number of benzene rings is 3. The van der Waals surface area contributed by atoms with Gasteiger partial charge in [0.15, 0.2) is 5.78 Å². The molecule has 4 rings (SSSR count). The Hall–Kier alpha value is -4.04. The standard InChI is InChI=1S/C27H21BrN2O5/c1-15(30-26(33)18-9-7-17(8-10-18)16-5-3-2-4-6-16)22(31)13-19-11-12-21-23(24(19)28)25(32)20(14-29-21)27(34)35/h2-12,14-15H,13H2,1H3,(H,29,32)(H,30,33)(H,34,35)/t15-/m0/s1. The van der Waals surface area contributed by atoms with E-state index in [1.54, 1.807) is 31.2 Å². The quantitative estimate of drug-likeness (QED) is 0.322. The summed E-state index contributed by atoms with van der Waals surface area (Å²) in [6.45, 7) is 1.60. The number of carbonyl (C=O) groups excluding carboxylic acids is 2. The number of carboxylic acid groups (broad SMARTS) is 1. The minimum Gasteiger partial charge on any atom is -0.477 e. The van der Waals surface area contributed by atoms with Crippen molar-refractivity contribution in [2.24, 2.45) is 0 Å². The molecule has 0 aliphatic carbocycles. The molecule has 3 aromatic carbocycles. The van der Waals surface area contributed by atoms with Crippen molar-refractivity contribution < 1.29 is 19.5 Å². The van der Waals surface area contributed by atoms with Crippen LogP contribution in [0.3, 0.4) is 0 Å². The van der Waals surface area contributed by atoms with Gasteiger partial charge in [0.25, 0.3) is 5.91 Å². The maximum absolute atomic E-state index is 12.9. The summed E-state index contributed by atoms with van der Waals surface area (Å²) in [7, 11) is 0. The number of Topliss-reactive ketones (excluding diaryl/α,β-unsaturated/α-hetero) is 1.